The van der Waals surface area contributed by atoms with Gasteiger partial charge >= 0.3 is 6.09 Å². The first kappa shape index (κ1) is 23.1. The van der Waals surface area contributed by atoms with Gasteiger partial charge in [0.05, 0.1) is 23.2 Å². The number of hydrogen-bond donors (Lipinski definition) is 1. The highest BCUT2D eigenvalue weighted by molar-refractivity contribution is 5.68. The molecule has 2 saturated carbocycles. The first-order valence-electron chi connectivity index (χ1n) is 13.0. The van der Waals surface area contributed by atoms with Crippen molar-refractivity contribution < 1.29 is 9.53 Å². The van der Waals surface area contributed by atoms with Crippen LogP contribution in [0, 0.1) is 0 Å². The van der Waals surface area contributed by atoms with Crippen molar-refractivity contribution in [2.24, 2.45) is 0 Å². The topological polar surface area (TPSA) is 75.3 Å². The maximum Gasteiger partial charge on any atom is 0.410 e. The average Bonchev–Trinajstić information content (AvgIpc) is 3.63. The van der Waals surface area contributed by atoms with E-state index in [1.807, 2.05) is 20.8 Å². The van der Waals surface area contributed by atoms with Crippen LogP contribution in [0.4, 0.5) is 4.79 Å². The lowest BCUT2D eigenvalue weighted by atomic mass is 9.82. The number of benzene rings is 1. The molecular weight excluding hydrogens is 426 g/mol. The van der Waals surface area contributed by atoms with E-state index in [4.69, 9.17) is 9.72 Å². The van der Waals surface area contributed by atoms with Crippen LogP contribution < -0.4 is 5.56 Å². The van der Waals surface area contributed by atoms with Crippen molar-refractivity contribution in [3.05, 3.63) is 62.8 Å². The second-order valence-corrected chi connectivity index (χ2v) is 11.4. The predicted octanol–water partition coefficient (Wildman–Crippen LogP) is 5.58. The fourth-order valence-electron chi connectivity index (χ4n) is 5.64. The molecule has 6 heteroatoms. The smallest absolute Gasteiger partial charge is 0.410 e. The third-order valence-corrected chi connectivity index (χ3v) is 7.66. The summed E-state index contributed by atoms with van der Waals surface area (Å²) in [5, 5.41) is 0. The molecule has 2 heterocycles. The van der Waals surface area contributed by atoms with Gasteiger partial charge in [-0.15, -0.1) is 0 Å². The molecule has 5 rings (SSSR count). The zero-order chi connectivity index (χ0) is 23.9. The SMILES string of the molecule is CC(C)(C)OC(=O)N1CCCc2nc(C3(c4cccc(C5CCCCC5)c4)CC3)[nH]c(=O)c2C1. The Morgan fingerprint density at radius 3 is 2.62 bits per heavy atom. The van der Waals surface area contributed by atoms with Crippen LogP contribution >= 0.6 is 0 Å². The molecule has 3 aliphatic rings. The summed E-state index contributed by atoms with van der Waals surface area (Å²) < 4.78 is 5.55. The molecule has 0 atom stereocenters. The van der Waals surface area contributed by atoms with Crippen molar-refractivity contribution in [1.82, 2.24) is 14.9 Å². The number of nitrogens with one attached hydrogen (secondary N) is 1. The van der Waals surface area contributed by atoms with Gasteiger partial charge in [-0.2, -0.15) is 0 Å². The average molecular weight is 464 g/mol. The molecule has 1 aromatic carbocycles. The van der Waals surface area contributed by atoms with E-state index in [9.17, 15) is 9.59 Å². The fourth-order valence-corrected chi connectivity index (χ4v) is 5.64. The number of aromatic amines is 1. The summed E-state index contributed by atoms with van der Waals surface area (Å²) in [6.07, 6.45) is 9.65. The summed E-state index contributed by atoms with van der Waals surface area (Å²) in [5.74, 6) is 1.45. The highest BCUT2D eigenvalue weighted by Gasteiger charge is 2.49. The number of ether oxygens (including phenoxy) is 1. The molecule has 34 heavy (non-hydrogen) atoms. The number of hydrogen-bond acceptors (Lipinski definition) is 4. The van der Waals surface area contributed by atoms with E-state index in [0.29, 0.717) is 24.4 Å². The van der Waals surface area contributed by atoms with Gasteiger partial charge in [0.1, 0.15) is 11.4 Å². The first-order chi connectivity index (χ1) is 16.2. The Labute approximate surface area is 202 Å². The molecule has 182 valence electrons. The van der Waals surface area contributed by atoms with Crippen LogP contribution in [-0.2, 0) is 23.1 Å². The zero-order valence-corrected chi connectivity index (χ0v) is 20.8. The molecule has 2 aromatic rings. The van der Waals surface area contributed by atoms with E-state index in [-0.39, 0.29) is 23.6 Å². The number of fused-ring (bicyclic) bond motifs is 1. The molecule has 1 N–H and O–H groups in total. The van der Waals surface area contributed by atoms with Crippen LogP contribution in [0.25, 0.3) is 0 Å². The number of rotatable bonds is 3. The van der Waals surface area contributed by atoms with Crippen LogP contribution in [0.1, 0.15) is 106 Å². The standard InChI is InChI=1S/C28H37N3O3/c1-27(2,3)34-26(33)31-16-8-13-23-22(18-31)24(32)30-25(29-23)28(14-15-28)21-12-7-11-20(17-21)19-9-5-4-6-10-19/h7,11-12,17,19H,4-6,8-10,13-16,18H2,1-3H3,(H,29,30,32). The van der Waals surface area contributed by atoms with E-state index in [0.717, 1.165) is 30.8 Å². The van der Waals surface area contributed by atoms with E-state index >= 15 is 0 Å². The van der Waals surface area contributed by atoms with Gasteiger partial charge in [0.15, 0.2) is 0 Å². The van der Waals surface area contributed by atoms with Crippen molar-refractivity contribution in [1.29, 1.82) is 0 Å². The maximum atomic E-state index is 13.2. The number of nitrogens with zero attached hydrogens (tertiary/aromatic N) is 2. The zero-order valence-electron chi connectivity index (χ0n) is 20.8. The lowest BCUT2D eigenvalue weighted by Gasteiger charge is -2.26. The molecule has 0 saturated heterocycles. The number of H-pyrrole nitrogens is 1. The summed E-state index contributed by atoms with van der Waals surface area (Å²) in [6, 6.07) is 9.03. The summed E-state index contributed by atoms with van der Waals surface area (Å²) in [6.45, 7) is 6.38. The quantitative estimate of drug-likeness (QED) is 0.645. The first-order valence-corrected chi connectivity index (χ1v) is 13.0. The molecular formula is C28H37N3O3. The molecule has 0 radical (unpaired) electrons. The molecule has 6 nitrogen and oxygen atoms in total. The number of aromatic nitrogens is 2. The molecule has 0 spiro atoms. The van der Waals surface area contributed by atoms with Crippen LogP contribution in [0.3, 0.4) is 0 Å². The highest BCUT2D eigenvalue weighted by atomic mass is 16.6. The van der Waals surface area contributed by atoms with Gasteiger partial charge in [-0.3, -0.25) is 4.79 Å². The molecule has 2 aliphatic carbocycles. The van der Waals surface area contributed by atoms with E-state index in [1.54, 1.807) is 4.90 Å². The minimum Gasteiger partial charge on any atom is -0.444 e. The lowest BCUT2D eigenvalue weighted by molar-refractivity contribution is 0.0236. The second-order valence-electron chi connectivity index (χ2n) is 11.4. The predicted molar refractivity (Wildman–Crippen MR) is 132 cm³/mol. The normalized spacial score (nSPS) is 20.4. The van der Waals surface area contributed by atoms with Gasteiger partial charge in [0.25, 0.3) is 5.56 Å². The minimum absolute atomic E-state index is 0.120. The summed E-state index contributed by atoms with van der Waals surface area (Å²) in [4.78, 5) is 35.7. The summed E-state index contributed by atoms with van der Waals surface area (Å²) >= 11 is 0. The Bertz CT molecular complexity index is 1120. The van der Waals surface area contributed by atoms with Crippen LogP contribution in [0.5, 0.6) is 0 Å². The molecule has 2 fully saturated rings. The van der Waals surface area contributed by atoms with Crippen molar-refractivity contribution >= 4 is 6.09 Å². The largest absolute Gasteiger partial charge is 0.444 e. The van der Waals surface area contributed by atoms with Crippen molar-refractivity contribution in [2.45, 2.75) is 102 Å². The second kappa shape index (κ2) is 8.86. The Morgan fingerprint density at radius 1 is 1.15 bits per heavy atom. The molecule has 1 aromatic heterocycles. The van der Waals surface area contributed by atoms with Gasteiger partial charge in [-0.25, -0.2) is 9.78 Å². The number of amides is 1. The molecule has 1 amide bonds. The number of aryl methyl sites for hydroxylation is 1. The van der Waals surface area contributed by atoms with Crippen LogP contribution in [0.15, 0.2) is 29.1 Å². The minimum atomic E-state index is -0.564. The fraction of sp³-hybridized carbons (Fsp3) is 0.607. The van der Waals surface area contributed by atoms with Gasteiger partial charge in [0.2, 0.25) is 0 Å². The third-order valence-electron chi connectivity index (χ3n) is 7.66. The maximum absolute atomic E-state index is 13.2. The third kappa shape index (κ3) is 4.64. The Kier molecular flexibility index (Phi) is 6.03. The molecule has 0 bridgehead atoms. The van der Waals surface area contributed by atoms with Gasteiger partial charge in [-0.1, -0.05) is 43.5 Å². The molecule has 0 unspecified atom stereocenters. The van der Waals surface area contributed by atoms with Crippen LogP contribution in [0.2, 0.25) is 0 Å². The van der Waals surface area contributed by atoms with Gasteiger partial charge in [0, 0.05) is 6.54 Å². The Balaban J connectivity index is 1.42. The lowest BCUT2D eigenvalue weighted by Crippen LogP contribution is -2.37. The highest BCUT2D eigenvalue weighted by Crippen LogP contribution is 2.52. The summed E-state index contributed by atoms with van der Waals surface area (Å²) in [5.41, 5.74) is 3.28. The molecule has 1 aliphatic heterocycles. The Morgan fingerprint density at radius 2 is 1.91 bits per heavy atom. The number of carbonyl (C=O) groups excluding carboxylic acids is 1. The van der Waals surface area contributed by atoms with Crippen molar-refractivity contribution in [3.63, 3.8) is 0 Å². The monoisotopic (exact) mass is 463 g/mol. The Hall–Kier alpha value is -2.63. The van der Waals surface area contributed by atoms with Crippen LogP contribution in [-0.4, -0.2) is 33.1 Å². The number of carbonyl (C=O) groups is 1. The van der Waals surface area contributed by atoms with Gasteiger partial charge < -0.3 is 14.6 Å². The summed E-state index contributed by atoms with van der Waals surface area (Å²) in [7, 11) is 0. The van der Waals surface area contributed by atoms with E-state index < -0.39 is 5.60 Å². The van der Waals surface area contributed by atoms with Crippen molar-refractivity contribution in [3.8, 4) is 0 Å². The van der Waals surface area contributed by atoms with E-state index in [1.165, 1.54) is 43.2 Å². The van der Waals surface area contributed by atoms with E-state index in [2.05, 4.69) is 29.2 Å². The van der Waals surface area contributed by atoms with Gasteiger partial charge in [-0.05, 0) is 76.3 Å². The van der Waals surface area contributed by atoms with Crippen molar-refractivity contribution in [2.75, 3.05) is 6.54 Å².